The fourth-order valence-electron chi connectivity index (χ4n) is 3.18. The molecule has 0 bridgehead atoms. The number of nitrogens with zero attached hydrogens (tertiary/aromatic N) is 2. The molecular weight excluding hydrogens is 434 g/mol. The van der Waals surface area contributed by atoms with Crippen molar-refractivity contribution in [2.75, 3.05) is 51.3 Å². The minimum atomic E-state index is -0.838. The summed E-state index contributed by atoms with van der Waals surface area (Å²) in [5.74, 6) is -1.24. The average molecular weight is 457 g/mol. The molecule has 152 valence electrons. The minimum absolute atomic E-state index is 0.172. The summed E-state index contributed by atoms with van der Waals surface area (Å²) in [5.41, 5.74) is 1.13. The van der Waals surface area contributed by atoms with Crippen molar-refractivity contribution in [2.45, 2.75) is 6.10 Å². The molecule has 0 saturated carbocycles. The number of methoxy groups -OCH3 is 1. The van der Waals surface area contributed by atoms with Crippen LogP contribution < -0.4 is 14.4 Å². The van der Waals surface area contributed by atoms with Crippen molar-refractivity contribution in [3.05, 3.63) is 52.5 Å². The molecule has 3 rings (SSSR count). The minimum Gasteiger partial charge on any atom is -0.497 e. The van der Waals surface area contributed by atoms with Crippen molar-refractivity contribution in [3.8, 4) is 11.5 Å². The summed E-state index contributed by atoms with van der Waals surface area (Å²) in [5, 5.41) is 10.2. The molecule has 0 unspecified atom stereocenters. The Bertz CT molecular complexity index is 761. The maximum absolute atomic E-state index is 13.8. The summed E-state index contributed by atoms with van der Waals surface area (Å²) in [4.78, 5) is 4.38. The number of benzene rings is 2. The summed E-state index contributed by atoms with van der Waals surface area (Å²) in [6.45, 7) is 3.43. The topological polar surface area (TPSA) is 45.2 Å². The van der Waals surface area contributed by atoms with E-state index in [1.165, 1.54) is 0 Å². The van der Waals surface area contributed by atoms with Crippen LogP contribution in [0.15, 0.2) is 40.9 Å². The molecule has 28 heavy (non-hydrogen) atoms. The van der Waals surface area contributed by atoms with E-state index < -0.39 is 23.5 Å². The summed E-state index contributed by atoms with van der Waals surface area (Å²) in [7, 11) is 1.64. The number of hydrogen-bond donors (Lipinski definition) is 1. The first-order valence-electron chi connectivity index (χ1n) is 9.03. The van der Waals surface area contributed by atoms with Gasteiger partial charge in [-0.05, 0) is 36.4 Å². The zero-order chi connectivity index (χ0) is 20.1. The Hall–Kier alpha value is -1.90. The molecule has 0 radical (unpaired) electrons. The first-order chi connectivity index (χ1) is 13.5. The Labute approximate surface area is 171 Å². The number of aliphatic hydroxyl groups is 1. The van der Waals surface area contributed by atoms with Gasteiger partial charge in [0.15, 0.2) is 17.4 Å². The molecule has 0 aliphatic carbocycles. The van der Waals surface area contributed by atoms with E-state index in [4.69, 9.17) is 9.47 Å². The van der Waals surface area contributed by atoms with Gasteiger partial charge in [0.05, 0.1) is 7.11 Å². The quantitative estimate of drug-likeness (QED) is 0.692. The molecule has 2 aromatic carbocycles. The van der Waals surface area contributed by atoms with Crippen LogP contribution in [0.1, 0.15) is 0 Å². The van der Waals surface area contributed by atoms with E-state index in [9.17, 15) is 13.9 Å². The summed E-state index contributed by atoms with van der Waals surface area (Å²) in [6, 6.07) is 10.2. The van der Waals surface area contributed by atoms with Crippen LogP contribution in [0, 0.1) is 11.6 Å². The van der Waals surface area contributed by atoms with Gasteiger partial charge in [-0.15, -0.1) is 0 Å². The van der Waals surface area contributed by atoms with Gasteiger partial charge < -0.3 is 19.5 Å². The van der Waals surface area contributed by atoms with Crippen molar-refractivity contribution in [1.82, 2.24) is 4.90 Å². The smallest absolute Gasteiger partial charge is 0.190 e. The van der Waals surface area contributed by atoms with E-state index in [1.807, 2.05) is 24.3 Å². The Morgan fingerprint density at radius 2 is 1.68 bits per heavy atom. The summed E-state index contributed by atoms with van der Waals surface area (Å²) < 4.78 is 38.2. The summed E-state index contributed by atoms with van der Waals surface area (Å²) in [6.07, 6.45) is -0.838. The standard InChI is InChI=1S/C20H23BrF2N2O3/c1-27-17-4-2-15(3-5-17)25-8-6-24(7-9-25)12-16(26)13-28-20-18(22)10-14(21)11-19(20)23/h2-5,10-11,16,26H,6-9,12-13H2,1H3/t16-/m1/s1. The predicted octanol–water partition coefficient (Wildman–Crippen LogP) is 3.30. The maximum atomic E-state index is 13.8. The van der Waals surface area contributed by atoms with Crippen LogP contribution in [0.25, 0.3) is 0 Å². The first kappa shape index (κ1) is 20.8. The lowest BCUT2D eigenvalue weighted by molar-refractivity contribution is 0.0634. The number of aliphatic hydroxyl groups excluding tert-OH is 1. The lowest BCUT2D eigenvalue weighted by Crippen LogP contribution is -2.49. The Morgan fingerprint density at radius 3 is 2.25 bits per heavy atom. The number of piperazine rings is 1. The molecule has 2 aromatic rings. The zero-order valence-electron chi connectivity index (χ0n) is 15.6. The second-order valence-corrected chi connectivity index (χ2v) is 7.56. The van der Waals surface area contributed by atoms with Crippen molar-refractivity contribution in [2.24, 2.45) is 0 Å². The molecule has 1 heterocycles. The van der Waals surface area contributed by atoms with Gasteiger partial charge >= 0.3 is 0 Å². The van der Waals surface area contributed by atoms with Crippen LogP contribution in [-0.2, 0) is 0 Å². The lowest BCUT2D eigenvalue weighted by atomic mass is 10.2. The van der Waals surface area contributed by atoms with E-state index in [0.29, 0.717) is 11.0 Å². The third-order valence-corrected chi connectivity index (χ3v) is 5.12. The Balaban J connectivity index is 1.45. The second-order valence-electron chi connectivity index (χ2n) is 6.65. The van der Waals surface area contributed by atoms with Gasteiger partial charge in [0, 0.05) is 42.9 Å². The zero-order valence-corrected chi connectivity index (χ0v) is 17.2. The maximum Gasteiger partial charge on any atom is 0.190 e. The largest absolute Gasteiger partial charge is 0.497 e. The highest BCUT2D eigenvalue weighted by Gasteiger charge is 2.21. The number of rotatable bonds is 7. The van der Waals surface area contributed by atoms with Gasteiger partial charge in [-0.1, -0.05) is 15.9 Å². The molecular formula is C20H23BrF2N2O3. The number of β-amino-alcohol motifs (C(OH)–C–C–N with tert-alkyl or cyclic N) is 1. The SMILES string of the molecule is COc1ccc(N2CCN(C[C@@H](O)COc3c(F)cc(Br)cc3F)CC2)cc1. The Morgan fingerprint density at radius 1 is 1.07 bits per heavy atom. The van der Waals surface area contributed by atoms with E-state index in [2.05, 4.69) is 25.7 Å². The lowest BCUT2D eigenvalue weighted by Gasteiger charge is -2.36. The molecule has 1 atom stereocenters. The fraction of sp³-hybridized carbons (Fsp3) is 0.400. The van der Waals surface area contributed by atoms with Gasteiger partial charge in [-0.25, -0.2) is 8.78 Å². The van der Waals surface area contributed by atoms with Crippen LogP contribution in [0.5, 0.6) is 11.5 Å². The molecule has 5 nitrogen and oxygen atoms in total. The molecule has 0 aromatic heterocycles. The molecule has 1 aliphatic rings. The summed E-state index contributed by atoms with van der Waals surface area (Å²) >= 11 is 3.02. The number of hydrogen-bond acceptors (Lipinski definition) is 5. The van der Waals surface area contributed by atoms with Crippen LogP contribution in [-0.4, -0.2) is 62.6 Å². The third kappa shape index (κ3) is 5.33. The average Bonchev–Trinajstić information content (AvgIpc) is 2.68. The van der Waals surface area contributed by atoms with Gasteiger partial charge in [-0.3, -0.25) is 4.90 Å². The highest BCUT2D eigenvalue weighted by atomic mass is 79.9. The Kier molecular flexibility index (Phi) is 7.09. The number of halogens is 3. The molecule has 1 saturated heterocycles. The highest BCUT2D eigenvalue weighted by Crippen LogP contribution is 2.26. The molecule has 1 N–H and O–H groups in total. The molecule has 1 fully saturated rings. The van der Waals surface area contributed by atoms with Crippen LogP contribution in [0.2, 0.25) is 0 Å². The van der Waals surface area contributed by atoms with Crippen molar-refractivity contribution < 1.29 is 23.4 Å². The monoisotopic (exact) mass is 456 g/mol. The van der Waals surface area contributed by atoms with Crippen molar-refractivity contribution >= 4 is 21.6 Å². The third-order valence-electron chi connectivity index (χ3n) is 4.66. The molecule has 1 aliphatic heterocycles. The van der Waals surface area contributed by atoms with Crippen molar-refractivity contribution in [3.63, 3.8) is 0 Å². The van der Waals surface area contributed by atoms with E-state index in [0.717, 1.165) is 49.7 Å². The fourth-order valence-corrected chi connectivity index (χ4v) is 3.58. The number of anilines is 1. The number of ether oxygens (including phenoxy) is 2. The van der Waals surface area contributed by atoms with Crippen LogP contribution in [0.4, 0.5) is 14.5 Å². The van der Waals surface area contributed by atoms with Crippen LogP contribution in [0.3, 0.4) is 0 Å². The molecule has 8 heteroatoms. The van der Waals surface area contributed by atoms with Crippen molar-refractivity contribution in [1.29, 1.82) is 0 Å². The van der Waals surface area contributed by atoms with Gasteiger partial charge in [-0.2, -0.15) is 0 Å². The normalized spacial score (nSPS) is 16.1. The highest BCUT2D eigenvalue weighted by molar-refractivity contribution is 9.10. The predicted molar refractivity (Wildman–Crippen MR) is 107 cm³/mol. The van der Waals surface area contributed by atoms with E-state index in [-0.39, 0.29) is 6.61 Å². The van der Waals surface area contributed by atoms with Gasteiger partial charge in [0.2, 0.25) is 0 Å². The molecule has 0 spiro atoms. The van der Waals surface area contributed by atoms with Crippen LogP contribution >= 0.6 is 15.9 Å². The second kappa shape index (κ2) is 9.54. The van der Waals surface area contributed by atoms with Gasteiger partial charge in [0.25, 0.3) is 0 Å². The van der Waals surface area contributed by atoms with E-state index in [1.54, 1.807) is 7.11 Å². The first-order valence-corrected chi connectivity index (χ1v) is 9.82. The van der Waals surface area contributed by atoms with Gasteiger partial charge in [0.1, 0.15) is 18.5 Å². The van der Waals surface area contributed by atoms with E-state index >= 15 is 0 Å². The molecule has 0 amide bonds.